The number of rotatable bonds is 5. The number of H-pyrrole nitrogens is 1. The molecule has 2 N–H and O–H groups in total. The number of nitrogens with one attached hydrogen (secondary N) is 1. The van der Waals surface area contributed by atoms with Crippen molar-refractivity contribution in [2.75, 3.05) is 18.3 Å². The van der Waals surface area contributed by atoms with E-state index in [4.69, 9.17) is 5.21 Å². The minimum Gasteiger partial charge on any atom is -0.733 e. The molecule has 1 aromatic carbocycles. The molecule has 0 spiro atoms. The lowest BCUT2D eigenvalue weighted by Gasteiger charge is -2.43. The summed E-state index contributed by atoms with van der Waals surface area (Å²) in [5, 5.41) is 21.2. The summed E-state index contributed by atoms with van der Waals surface area (Å²) < 4.78 is 1.59. The summed E-state index contributed by atoms with van der Waals surface area (Å²) in [6.07, 6.45) is 5.10. The number of likely N-dealkylation sites (tertiary alicyclic amines) is 1. The van der Waals surface area contributed by atoms with E-state index in [0.29, 0.717) is 26.1 Å². The Bertz CT molecular complexity index is 1180. The van der Waals surface area contributed by atoms with Gasteiger partial charge in [0, 0.05) is 54.8 Å². The number of aromatic amines is 1. The standard InChI is InChI=1S/C23H25N4O4/c28-22(7-3-4-16-11-24-19-6-2-1-5-18(16)19)25-12-15-10-17(14-25)20-8-9-21(27(30)31)23(29)26(20)13-15/h1-2,5-6,8-9,11,15,17,24,30H,3-4,7,10,12-14H2/q-1. The molecule has 2 aliphatic heterocycles. The van der Waals surface area contributed by atoms with Crippen LogP contribution in [0.25, 0.3) is 10.9 Å². The monoisotopic (exact) mass is 421 g/mol. The normalized spacial score (nSPS) is 20.0. The Morgan fingerprint density at radius 3 is 2.87 bits per heavy atom. The maximum absolute atomic E-state index is 12.9. The first-order valence-electron chi connectivity index (χ1n) is 10.7. The lowest BCUT2D eigenvalue weighted by Crippen LogP contribution is -2.49. The molecule has 3 aromatic rings. The average molecular weight is 421 g/mol. The predicted octanol–water partition coefficient (Wildman–Crippen LogP) is 2.99. The predicted molar refractivity (Wildman–Crippen MR) is 117 cm³/mol. The number of fused-ring (bicyclic) bond motifs is 5. The van der Waals surface area contributed by atoms with E-state index in [1.54, 1.807) is 10.6 Å². The Balaban J connectivity index is 1.24. The van der Waals surface area contributed by atoms with Gasteiger partial charge in [-0.3, -0.25) is 14.8 Å². The van der Waals surface area contributed by atoms with Crippen LogP contribution in [-0.2, 0) is 17.8 Å². The zero-order chi connectivity index (χ0) is 21.5. The second-order valence-electron chi connectivity index (χ2n) is 8.64. The molecule has 162 valence electrons. The minimum absolute atomic E-state index is 0.0746. The van der Waals surface area contributed by atoms with E-state index in [0.717, 1.165) is 30.5 Å². The van der Waals surface area contributed by atoms with E-state index in [2.05, 4.69) is 17.1 Å². The number of nitrogens with zero attached hydrogens (tertiary/aromatic N) is 3. The third kappa shape index (κ3) is 3.62. The van der Waals surface area contributed by atoms with Crippen LogP contribution in [0.3, 0.4) is 0 Å². The van der Waals surface area contributed by atoms with Crippen LogP contribution in [-0.4, -0.2) is 38.7 Å². The second kappa shape index (κ2) is 7.86. The maximum Gasteiger partial charge on any atom is 0.275 e. The third-order valence-corrected chi connectivity index (χ3v) is 6.65. The fourth-order valence-electron chi connectivity index (χ4n) is 5.21. The van der Waals surface area contributed by atoms with Crippen molar-refractivity contribution in [3.63, 3.8) is 0 Å². The number of pyridine rings is 1. The Labute approximate surface area is 179 Å². The molecule has 2 aliphatic rings. The first kappa shape index (κ1) is 19.8. The largest absolute Gasteiger partial charge is 0.733 e. The zero-order valence-electron chi connectivity index (χ0n) is 17.2. The van der Waals surface area contributed by atoms with Gasteiger partial charge in [-0.1, -0.05) is 18.2 Å². The van der Waals surface area contributed by atoms with Crippen LogP contribution >= 0.6 is 0 Å². The van der Waals surface area contributed by atoms with Gasteiger partial charge in [-0.25, -0.2) is 0 Å². The molecule has 1 saturated heterocycles. The molecule has 1 amide bonds. The molecule has 31 heavy (non-hydrogen) atoms. The molecule has 0 saturated carbocycles. The van der Waals surface area contributed by atoms with Gasteiger partial charge in [0.2, 0.25) is 5.91 Å². The molecule has 5 rings (SSSR count). The van der Waals surface area contributed by atoms with Gasteiger partial charge in [-0.05, 0) is 48.9 Å². The number of anilines is 1. The van der Waals surface area contributed by atoms with Crippen LogP contribution in [0.5, 0.6) is 0 Å². The number of hydrogen-bond acceptors (Lipinski definition) is 5. The number of aromatic nitrogens is 2. The van der Waals surface area contributed by atoms with Gasteiger partial charge in [0.05, 0.1) is 0 Å². The van der Waals surface area contributed by atoms with E-state index < -0.39 is 5.56 Å². The minimum atomic E-state index is -0.469. The van der Waals surface area contributed by atoms with Gasteiger partial charge in [0.15, 0.2) is 0 Å². The highest BCUT2D eigenvalue weighted by Crippen LogP contribution is 2.36. The Morgan fingerprint density at radius 2 is 2.03 bits per heavy atom. The average Bonchev–Trinajstić information content (AvgIpc) is 3.17. The molecule has 2 atom stereocenters. The van der Waals surface area contributed by atoms with Crippen molar-refractivity contribution >= 4 is 22.5 Å². The van der Waals surface area contributed by atoms with E-state index in [-0.39, 0.29) is 28.7 Å². The molecule has 0 radical (unpaired) electrons. The highest BCUT2D eigenvalue weighted by Gasteiger charge is 2.36. The van der Waals surface area contributed by atoms with Crippen molar-refractivity contribution in [2.24, 2.45) is 5.92 Å². The van der Waals surface area contributed by atoms with Crippen molar-refractivity contribution in [1.29, 1.82) is 0 Å². The van der Waals surface area contributed by atoms with Gasteiger partial charge in [-0.15, -0.1) is 0 Å². The first-order chi connectivity index (χ1) is 15.0. The summed E-state index contributed by atoms with van der Waals surface area (Å²) in [6, 6.07) is 11.3. The SMILES string of the molecule is O=C(CCCc1c[nH]c2ccccc12)N1CC2CC(C1)c1ccc(N([O-])O)c(=O)n1C2. The van der Waals surface area contributed by atoms with Crippen LogP contribution in [0, 0.1) is 11.1 Å². The Kier molecular flexibility index (Phi) is 5.03. The summed E-state index contributed by atoms with van der Waals surface area (Å²) in [6.45, 7) is 1.67. The summed E-state index contributed by atoms with van der Waals surface area (Å²) in [4.78, 5) is 30.7. The molecule has 4 heterocycles. The van der Waals surface area contributed by atoms with Gasteiger partial charge < -0.3 is 24.9 Å². The molecule has 8 heteroatoms. The first-order valence-corrected chi connectivity index (χ1v) is 10.7. The second-order valence-corrected chi connectivity index (χ2v) is 8.64. The quantitative estimate of drug-likeness (QED) is 0.616. The number of carbonyl (C=O) groups is 1. The van der Waals surface area contributed by atoms with Crippen LogP contribution in [0.15, 0.2) is 47.4 Å². The molecule has 2 unspecified atom stereocenters. The fraction of sp³-hybridized carbons (Fsp3) is 0.391. The Hall–Kier alpha value is -3.10. The Morgan fingerprint density at radius 1 is 1.19 bits per heavy atom. The van der Waals surface area contributed by atoms with Crippen molar-refractivity contribution in [3.8, 4) is 0 Å². The van der Waals surface area contributed by atoms with E-state index >= 15 is 0 Å². The number of para-hydroxylation sites is 1. The van der Waals surface area contributed by atoms with Gasteiger partial charge in [-0.2, -0.15) is 0 Å². The summed E-state index contributed by atoms with van der Waals surface area (Å²) in [7, 11) is 0. The molecule has 1 fully saturated rings. The maximum atomic E-state index is 12.9. The number of aryl methyl sites for hydroxylation is 1. The molecule has 2 aromatic heterocycles. The summed E-state index contributed by atoms with van der Waals surface area (Å²) in [5.41, 5.74) is 2.45. The smallest absolute Gasteiger partial charge is 0.275 e. The van der Waals surface area contributed by atoms with Crippen molar-refractivity contribution in [2.45, 2.75) is 38.1 Å². The number of benzene rings is 1. The molecule has 2 bridgehead atoms. The van der Waals surface area contributed by atoms with Crippen LogP contribution < -0.4 is 10.8 Å². The topological polar surface area (TPSA) is 105 Å². The lowest BCUT2D eigenvalue weighted by atomic mass is 9.83. The number of carbonyl (C=O) groups excluding carboxylic acids is 1. The molecule has 0 aliphatic carbocycles. The van der Waals surface area contributed by atoms with Gasteiger partial charge in [0.1, 0.15) is 5.69 Å². The van der Waals surface area contributed by atoms with Crippen LogP contribution in [0.4, 0.5) is 5.69 Å². The highest BCUT2D eigenvalue weighted by atomic mass is 16.8. The lowest BCUT2D eigenvalue weighted by molar-refractivity contribution is -0.134. The van der Waals surface area contributed by atoms with Crippen LogP contribution in [0.2, 0.25) is 0 Å². The number of amides is 1. The number of hydrogen-bond donors (Lipinski definition) is 2. The zero-order valence-corrected chi connectivity index (χ0v) is 17.2. The van der Waals surface area contributed by atoms with E-state index in [1.165, 1.54) is 17.0 Å². The summed E-state index contributed by atoms with van der Waals surface area (Å²) in [5.74, 6) is 0.407. The van der Waals surface area contributed by atoms with E-state index in [1.807, 2.05) is 23.2 Å². The van der Waals surface area contributed by atoms with Crippen molar-refractivity contribution in [1.82, 2.24) is 14.5 Å². The molecular weight excluding hydrogens is 396 g/mol. The highest BCUT2D eigenvalue weighted by molar-refractivity contribution is 5.83. The third-order valence-electron chi connectivity index (χ3n) is 6.65. The van der Waals surface area contributed by atoms with Crippen molar-refractivity contribution in [3.05, 3.63) is 69.4 Å². The summed E-state index contributed by atoms with van der Waals surface area (Å²) >= 11 is 0. The van der Waals surface area contributed by atoms with Crippen LogP contribution in [0.1, 0.15) is 36.4 Å². The van der Waals surface area contributed by atoms with Gasteiger partial charge >= 0.3 is 0 Å². The van der Waals surface area contributed by atoms with E-state index in [9.17, 15) is 14.8 Å². The fourth-order valence-corrected chi connectivity index (χ4v) is 5.21. The molecular formula is C23H25N4O4-. The number of piperidine rings is 1. The van der Waals surface area contributed by atoms with Crippen molar-refractivity contribution < 1.29 is 10.0 Å². The molecule has 8 nitrogen and oxygen atoms in total. The van der Waals surface area contributed by atoms with Gasteiger partial charge in [0.25, 0.3) is 5.56 Å².